The van der Waals surface area contributed by atoms with Crippen LogP contribution in [0.25, 0.3) is 0 Å². The molecule has 0 aliphatic carbocycles. The van der Waals surface area contributed by atoms with Crippen molar-refractivity contribution < 1.29 is 35.8 Å². The fourth-order valence-electron chi connectivity index (χ4n) is 1.41. The van der Waals surface area contributed by atoms with Crippen molar-refractivity contribution in [2.45, 2.75) is 24.4 Å². The molecule has 0 heterocycles. The highest BCUT2D eigenvalue weighted by Crippen LogP contribution is 2.51. The maximum absolute atomic E-state index is 13.3. The normalized spacial score (nSPS) is 13.7. The van der Waals surface area contributed by atoms with Crippen molar-refractivity contribution in [1.29, 1.82) is 0 Å². The van der Waals surface area contributed by atoms with Crippen LogP contribution < -0.4 is 0 Å². The molecule has 1 rings (SSSR count). The van der Waals surface area contributed by atoms with Gasteiger partial charge in [0.15, 0.2) is 0 Å². The maximum Gasteiger partial charge on any atom is 0.460 e. The molecule has 0 radical (unpaired) electrons. The average Bonchev–Trinajstić information content (AvgIpc) is 2.28. The number of hydrogen-bond donors (Lipinski definition) is 1. The molecule has 0 saturated carbocycles. The molecule has 0 atom stereocenters. The van der Waals surface area contributed by atoms with Crippen LogP contribution in [0.1, 0.15) is 11.1 Å². The molecule has 108 valence electrons. The second-order valence-electron chi connectivity index (χ2n) is 3.82. The molecule has 0 saturated heterocycles. The SMILES string of the molecule is OCCc1cccc(C(F)(F)C(F)(F)C(F)(F)F)c1. The van der Waals surface area contributed by atoms with Gasteiger partial charge in [-0.3, -0.25) is 0 Å². The van der Waals surface area contributed by atoms with Gasteiger partial charge in [0.1, 0.15) is 0 Å². The lowest BCUT2D eigenvalue weighted by atomic mass is 9.99. The molecule has 0 unspecified atom stereocenters. The molecule has 0 aliphatic heterocycles. The number of hydrogen-bond acceptors (Lipinski definition) is 1. The van der Waals surface area contributed by atoms with Crippen LogP contribution in [0.5, 0.6) is 0 Å². The van der Waals surface area contributed by atoms with Crippen molar-refractivity contribution in [3.63, 3.8) is 0 Å². The molecule has 1 aromatic carbocycles. The van der Waals surface area contributed by atoms with Crippen molar-refractivity contribution in [2.24, 2.45) is 0 Å². The van der Waals surface area contributed by atoms with E-state index in [9.17, 15) is 30.7 Å². The van der Waals surface area contributed by atoms with Crippen LogP contribution in [0.15, 0.2) is 24.3 Å². The Kier molecular flexibility index (Phi) is 4.14. The summed E-state index contributed by atoms with van der Waals surface area (Å²) >= 11 is 0. The van der Waals surface area contributed by atoms with Crippen molar-refractivity contribution in [3.8, 4) is 0 Å². The minimum atomic E-state index is -6.36. The zero-order valence-corrected chi connectivity index (χ0v) is 9.32. The Hall–Kier alpha value is -1.31. The maximum atomic E-state index is 13.3. The predicted octanol–water partition coefficient (Wildman–Crippen LogP) is 3.51. The van der Waals surface area contributed by atoms with E-state index in [1.807, 2.05) is 0 Å². The van der Waals surface area contributed by atoms with Crippen molar-refractivity contribution >= 4 is 0 Å². The van der Waals surface area contributed by atoms with Crippen molar-refractivity contribution in [1.82, 2.24) is 0 Å². The minimum Gasteiger partial charge on any atom is -0.396 e. The first-order chi connectivity index (χ1) is 8.54. The summed E-state index contributed by atoms with van der Waals surface area (Å²) in [6.07, 6.45) is -6.48. The summed E-state index contributed by atoms with van der Waals surface area (Å²) in [6.45, 7) is -0.440. The van der Waals surface area contributed by atoms with Gasteiger partial charge in [0.2, 0.25) is 0 Å². The average molecular weight is 290 g/mol. The summed E-state index contributed by atoms with van der Waals surface area (Å²) < 4.78 is 88.2. The summed E-state index contributed by atoms with van der Waals surface area (Å²) in [5, 5.41) is 8.59. The van der Waals surface area contributed by atoms with E-state index < -0.39 is 30.2 Å². The first-order valence-electron chi connectivity index (χ1n) is 5.06. The molecular formula is C11H9F7O. The second kappa shape index (κ2) is 4.99. The Morgan fingerprint density at radius 1 is 0.947 bits per heavy atom. The Balaban J connectivity index is 3.23. The van der Waals surface area contributed by atoms with Gasteiger partial charge in [0.05, 0.1) is 0 Å². The van der Waals surface area contributed by atoms with E-state index in [2.05, 4.69) is 0 Å². The number of alkyl halides is 7. The largest absolute Gasteiger partial charge is 0.460 e. The van der Waals surface area contributed by atoms with Gasteiger partial charge < -0.3 is 5.11 Å². The third-order valence-corrected chi connectivity index (χ3v) is 2.44. The monoisotopic (exact) mass is 290 g/mol. The number of aliphatic hydroxyl groups excluding tert-OH is 1. The van der Waals surface area contributed by atoms with Crippen LogP contribution in [0.3, 0.4) is 0 Å². The molecule has 1 nitrogen and oxygen atoms in total. The zero-order valence-electron chi connectivity index (χ0n) is 9.32. The van der Waals surface area contributed by atoms with E-state index in [4.69, 9.17) is 5.11 Å². The summed E-state index contributed by atoms with van der Waals surface area (Å²) in [7, 11) is 0. The lowest BCUT2D eigenvalue weighted by Gasteiger charge is -2.28. The summed E-state index contributed by atoms with van der Waals surface area (Å²) in [5.74, 6) is -11.5. The molecular weight excluding hydrogens is 281 g/mol. The molecule has 19 heavy (non-hydrogen) atoms. The van der Waals surface area contributed by atoms with Crippen molar-refractivity contribution in [3.05, 3.63) is 35.4 Å². The summed E-state index contributed by atoms with van der Waals surface area (Å²) in [5.41, 5.74) is -1.40. The molecule has 0 aromatic heterocycles. The number of rotatable bonds is 4. The number of halogens is 7. The second-order valence-corrected chi connectivity index (χ2v) is 3.82. The van der Waals surface area contributed by atoms with Gasteiger partial charge >= 0.3 is 18.0 Å². The van der Waals surface area contributed by atoms with Crippen LogP contribution in [0.4, 0.5) is 30.7 Å². The van der Waals surface area contributed by atoms with Gasteiger partial charge in [-0.25, -0.2) is 0 Å². The van der Waals surface area contributed by atoms with E-state index in [0.29, 0.717) is 12.1 Å². The van der Waals surface area contributed by atoms with Crippen LogP contribution in [0, 0.1) is 0 Å². The van der Waals surface area contributed by atoms with Crippen LogP contribution >= 0.6 is 0 Å². The van der Waals surface area contributed by atoms with E-state index in [-0.39, 0.29) is 12.0 Å². The highest BCUT2D eigenvalue weighted by molar-refractivity contribution is 5.29. The van der Waals surface area contributed by atoms with Gasteiger partial charge in [-0.2, -0.15) is 30.7 Å². The molecule has 1 aromatic rings. The standard InChI is InChI=1S/C11H9F7O/c12-9(13,10(14,15)11(16,17)18)8-3-1-2-7(6-8)4-5-19/h1-3,6,19H,4-5H2. The Morgan fingerprint density at radius 2 is 1.53 bits per heavy atom. The topological polar surface area (TPSA) is 20.2 Å². The molecule has 0 amide bonds. The van der Waals surface area contributed by atoms with E-state index >= 15 is 0 Å². The lowest BCUT2D eigenvalue weighted by Crippen LogP contribution is -2.50. The smallest absolute Gasteiger partial charge is 0.396 e. The lowest BCUT2D eigenvalue weighted by molar-refractivity contribution is -0.359. The summed E-state index contributed by atoms with van der Waals surface area (Å²) in [6, 6.07) is 3.18. The van der Waals surface area contributed by atoms with Gasteiger partial charge in [-0.05, 0) is 18.1 Å². The first-order valence-corrected chi connectivity index (χ1v) is 5.06. The quantitative estimate of drug-likeness (QED) is 0.841. The number of benzene rings is 1. The minimum absolute atomic E-state index is 0.0395. The fourth-order valence-corrected chi connectivity index (χ4v) is 1.41. The highest BCUT2D eigenvalue weighted by atomic mass is 19.4. The molecule has 0 spiro atoms. The molecule has 1 N–H and O–H groups in total. The molecule has 0 fully saturated rings. The highest BCUT2D eigenvalue weighted by Gasteiger charge is 2.73. The Morgan fingerprint density at radius 3 is 2.00 bits per heavy atom. The zero-order chi connectivity index (χ0) is 14.9. The number of aliphatic hydroxyl groups is 1. The van der Waals surface area contributed by atoms with E-state index in [1.54, 1.807) is 0 Å². The van der Waals surface area contributed by atoms with Gasteiger partial charge in [0.25, 0.3) is 0 Å². The molecule has 0 bridgehead atoms. The van der Waals surface area contributed by atoms with Gasteiger partial charge in [-0.1, -0.05) is 18.2 Å². The van der Waals surface area contributed by atoms with Crippen LogP contribution in [0.2, 0.25) is 0 Å². The third kappa shape index (κ3) is 2.83. The summed E-state index contributed by atoms with van der Waals surface area (Å²) in [4.78, 5) is 0. The fraction of sp³-hybridized carbons (Fsp3) is 0.455. The van der Waals surface area contributed by atoms with Gasteiger partial charge in [-0.15, -0.1) is 0 Å². The Labute approximate surface area is 103 Å². The predicted molar refractivity (Wildman–Crippen MR) is 52.1 cm³/mol. The van der Waals surface area contributed by atoms with Crippen LogP contribution in [-0.4, -0.2) is 23.8 Å². The van der Waals surface area contributed by atoms with Gasteiger partial charge in [0, 0.05) is 12.2 Å². The van der Waals surface area contributed by atoms with E-state index in [1.165, 1.54) is 6.07 Å². The third-order valence-electron chi connectivity index (χ3n) is 2.44. The van der Waals surface area contributed by atoms with E-state index in [0.717, 1.165) is 6.07 Å². The molecule has 8 heteroatoms. The van der Waals surface area contributed by atoms with Crippen molar-refractivity contribution in [2.75, 3.05) is 6.61 Å². The molecule has 0 aliphatic rings. The Bertz CT molecular complexity index is 439. The van der Waals surface area contributed by atoms with Crippen LogP contribution in [-0.2, 0) is 12.3 Å². The first kappa shape index (κ1) is 15.7.